The molecule has 0 fully saturated rings. The largest absolute Gasteiger partial charge is 0.381 e. The van der Waals surface area contributed by atoms with Gasteiger partial charge in [-0.05, 0) is 31.0 Å². The van der Waals surface area contributed by atoms with Crippen molar-refractivity contribution < 1.29 is 17.9 Å². The lowest BCUT2D eigenvalue weighted by Crippen LogP contribution is -2.27. The summed E-state index contributed by atoms with van der Waals surface area (Å²) < 4.78 is 31.7. The molecular weight excluding hydrogens is 328 g/mol. The molecule has 1 rings (SSSR count). The van der Waals surface area contributed by atoms with Gasteiger partial charge in [-0.25, -0.2) is 8.42 Å². The topological polar surface area (TPSA) is 84.5 Å². The number of terminal acetylenes is 1. The van der Waals surface area contributed by atoms with Gasteiger partial charge in [0, 0.05) is 25.3 Å². The number of nitrogens with one attached hydrogen (secondary N) is 2. The third-order valence-corrected chi connectivity index (χ3v) is 4.56. The van der Waals surface area contributed by atoms with E-state index in [4.69, 9.17) is 11.2 Å². The molecule has 0 saturated heterocycles. The first-order valence-electron chi connectivity index (χ1n) is 7.90. The second kappa shape index (κ2) is 10.8. The van der Waals surface area contributed by atoms with Crippen molar-refractivity contribution in [2.75, 3.05) is 26.3 Å². The van der Waals surface area contributed by atoms with E-state index in [1.807, 2.05) is 0 Å². The average molecular weight is 352 g/mol. The molecule has 0 aromatic heterocycles. The summed E-state index contributed by atoms with van der Waals surface area (Å²) in [4.78, 5) is 12.1. The van der Waals surface area contributed by atoms with Gasteiger partial charge < -0.3 is 10.1 Å². The van der Waals surface area contributed by atoms with Gasteiger partial charge in [-0.1, -0.05) is 25.3 Å². The number of unbranched alkanes of at least 4 members (excludes halogenated alkanes) is 1. The van der Waals surface area contributed by atoms with Gasteiger partial charge in [0.2, 0.25) is 10.0 Å². The number of ether oxygens (including phenoxy) is 1. The van der Waals surface area contributed by atoms with Crippen molar-refractivity contribution in [3.63, 3.8) is 0 Å². The first kappa shape index (κ1) is 20.2. The second-order valence-electron chi connectivity index (χ2n) is 5.13. The SMILES string of the molecule is C#CCNS(=O)(=O)c1cccc(C(=O)NCCCOCCCC)c1. The highest BCUT2D eigenvalue weighted by Crippen LogP contribution is 2.11. The summed E-state index contributed by atoms with van der Waals surface area (Å²) in [6.07, 6.45) is 7.87. The second-order valence-corrected chi connectivity index (χ2v) is 6.90. The summed E-state index contributed by atoms with van der Waals surface area (Å²) in [7, 11) is -3.71. The predicted octanol–water partition coefficient (Wildman–Crippen LogP) is 1.53. The Morgan fingerprint density at radius 2 is 2.04 bits per heavy atom. The van der Waals surface area contributed by atoms with Crippen LogP contribution >= 0.6 is 0 Å². The van der Waals surface area contributed by atoms with E-state index in [-0.39, 0.29) is 22.9 Å². The van der Waals surface area contributed by atoms with E-state index in [9.17, 15) is 13.2 Å². The summed E-state index contributed by atoms with van der Waals surface area (Å²) in [5, 5.41) is 2.75. The zero-order valence-electron chi connectivity index (χ0n) is 13.9. The fourth-order valence-electron chi connectivity index (χ4n) is 1.85. The molecule has 7 heteroatoms. The first-order chi connectivity index (χ1) is 11.5. The molecule has 0 unspecified atom stereocenters. The Hall–Kier alpha value is -1.88. The number of carbonyl (C=O) groups excluding carboxylic acids is 1. The predicted molar refractivity (Wildman–Crippen MR) is 93.1 cm³/mol. The Morgan fingerprint density at radius 1 is 1.29 bits per heavy atom. The normalized spacial score (nSPS) is 11.0. The fourth-order valence-corrected chi connectivity index (χ4v) is 2.83. The van der Waals surface area contributed by atoms with Gasteiger partial charge >= 0.3 is 0 Å². The standard InChI is InChI=1S/C17H24N2O4S/c1-3-5-12-23-13-7-11-18-17(20)15-8-6-9-16(14-15)24(21,22)19-10-4-2/h2,6,8-9,14,19H,3,5,7,10-13H2,1H3,(H,18,20). The first-order valence-corrected chi connectivity index (χ1v) is 9.38. The van der Waals surface area contributed by atoms with E-state index in [1.165, 1.54) is 18.2 Å². The van der Waals surface area contributed by atoms with Crippen molar-refractivity contribution in [2.24, 2.45) is 0 Å². The van der Waals surface area contributed by atoms with Gasteiger partial charge in [0.15, 0.2) is 0 Å². The summed E-state index contributed by atoms with van der Waals surface area (Å²) in [6.45, 7) is 3.79. The van der Waals surface area contributed by atoms with Crippen LogP contribution in [-0.4, -0.2) is 40.6 Å². The molecule has 0 radical (unpaired) electrons. The van der Waals surface area contributed by atoms with Crippen molar-refractivity contribution in [2.45, 2.75) is 31.1 Å². The van der Waals surface area contributed by atoms with E-state index < -0.39 is 10.0 Å². The molecule has 0 aliphatic carbocycles. The average Bonchev–Trinajstić information content (AvgIpc) is 2.59. The van der Waals surface area contributed by atoms with Crippen LogP contribution in [0.15, 0.2) is 29.2 Å². The molecule has 24 heavy (non-hydrogen) atoms. The van der Waals surface area contributed by atoms with Gasteiger partial charge in [0.1, 0.15) is 0 Å². The van der Waals surface area contributed by atoms with Gasteiger partial charge in [-0.2, -0.15) is 4.72 Å². The van der Waals surface area contributed by atoms with Gasteiger partial charge in [0.05, 0.1) is 11.4 Å². The summed E-state index contributed by atoms with van der Waals surface area (Å²) in [6, 6.07) is 5.82. The summed E-state index contributed by atoms with van der Waals surface area (Å²) in [5.41, 5.74) is 0.283. The molecule has 1 aromatic carbocycles. The Balaban J connectivity index is 2.51. The van der Waals surface area contributed by atoms with Crippen LogP contribution in [-0.2, 0) is 14.8 Å². The molecule has 1 aromatic rings. The minimum absolute atomic E-state index is 0.00768. The van der Waals surface area contributed by atoms with Crippen LogP contribution in [0.5, 0.6) is 0 Å². The molecule has 132 valence electrons. The highest BCUT2D eigenvalue weighted by molar-refractivity contribution is 7.89. The number of rotatable bonds is 11. The van der Waals surface area contributed by atoms with Crippen LogP contribution in [0.4, 0.5) is 0 Å². The number of amides is 1. The summed E-state index contributed by atoms with van der Waals surface area (Å²) in [5.74, 6) is 1.88. The Morgan fingerprint density at radius 3 is 2.75 bits per heavy atom. The maximum Gasteiger partial charge on any atom is 0.251 e. The maximum atomic E-state index is 12.1. The van der Waals surface area contributed by atoms with E-state index in [0.29, 0.717) is 19.6 Å². The Kier molecular flexibility index (Phi) is 9.08. The maximum absolute atomic E-state index is 12.1. The van der Waals surface area contributed by atoms with Gasteiger partial charge in [-0.3, -0.25) is 4.79 Å². The number of carbonyl (C=O) groups is 1. The lowest BCUT2D eigenvalue weighted by atomic mass is 10.2. The zero-order valence-corrected chi connectivity index (χ0v) is 14.7. The molecule has 0 atom stereocenters. The van der Waals surface area contributed by atoms with Gasteiger partial charge in [-0.15, -0.1) is 6.42 Å². The van der Waals surface area contributed by atoms with E-state index >= 15 is 0 Å². The molecule has 0 bridgehead atoms. The Labute approximate surface area is 144 Å². The monoisotopic (exact) mass is 352 g/mol. The number of sulfonamides is 1. The molecular formula is C17H24N2O4S. The Bertz CT molecular complexity index is 665. The molecule has 2 N–H and O–H groups in total. The lowest BCUT2D eigenvalue weighted by molar-refractivity contribution is 0.0940. The number of hydrogen-bond acceptors (Lipinski definition) is 4. The minimum atomic E-state index is -3.71. The van der Waals surface area contributed by atoms with Crippen molar-refractivity contribution in [1.82, 2.24) is 10.0 Å². The van der Waals surface area contributed by atoms with E-state index in [1.54, 1.807) is 6.07 Å². The zero-order chi connectivity index (χ0) is 17.8. The van der Waals surface area contributed by atoms with Crippen LogP contribution in [0, 0.1) is 12.3 Å². The van der Waals surface area contributed by atoms with Crippen molar-refractivity contribution in [1.29, 1.82) is 0 Å². The van der Waals surface area contributed by atoms with Crippen molar-refractivity contribution >= 4 is 15.9 Å². The van der Waals surface area contributed by atoms with Crippen LogP contribution in [0.2, 0.25) is 0 Å². The smallest absolute Gasteiger partial charge is 0.251 e. The fraction of sp³-hybridized carbons (Fsp3) is 0.471. The van der Waals surface area contributed by atoms with Crippen LogP contribution in [0.25, 0.3) is 0 Å². The van der Waals surface area contributed by atoms with Crippen LogP contribution in [0.3, 0.4) is 0 Å². The van der Waals surface area contributed by atoms with Crippen molar-refractivity contribution in [3.8, 4) is 12.3 Å². The summed E-state index contributed by atoms with van der Waals surface area (Å²) >= 11 is 0. The molecule has 0 spiro atoms. The van der Waals surface area contributed by atoms with Crippen LogP contribution < -0.4 is 10.0 Å². The van der Waals surface area contributed by atoms with E-state index in [0.717, 1.165) is 19.4 Å². The molecule has 6 nitrogen and oxygen atoms in total. The highest BCUT2D eigenvalue weighted by Gasteiger charge is 2.15. The molecule has 1 amide bonds. The van der Waals surface area contributed by atoms with Crippen molar-refractivity contribution in [3.05, 3.63) is 29.8 Å². The molecule has 0 saturated carbocycles. The quantitative estimate of drug-likeness (QED) is 0.467. The van der Waals surface area contributed by atoms with Gasteiger partial charge in [0.25, 0.3) is 5.91 Å². The third kappa shape index (κ3) is 7.13. The minimum Gasteiger partial charge on any atom is -0.381 e. The molecule has 0 heterocycles. The lowest BCUT2D eigenvalue weighted by Gasteiger charge is -2.08. The van der Waals surface area contributed by atoms with Crippen LogP contribution in [0.1, 0.15) is 36.5 Å². The van der Waals surface area contributed by atoms with E-state index in [2.05, 4.69) is 22.9 Å². The molecule has 0 aliphatic heterocycles. The molecule has 0 aliphatic rings. The number of hydrogen-bond donors (Lipinski definition) is 2. The highest BCUT2D eigenvalue weighted by atomic mass is 32.2. The third-order valence-electron chi connectivity index (χ3n) is 3.16. The number of benzene rings is 1.